The lowest BCUT2D eigenvalue weighted by Crippen LogP contribution is -2.30. The van der Waals surface area contributed by atoms with Crippen LogP contribution in [-0.2, 0) is 19.0 Å². The summed E-state index contributed by atoms with van der Waals surface area (Å²) >= 11 is 0. The molecule has 2 atom stereocenters. The smallest absolute Gasteiger partial charge is 0.334 e. The summed E-state index contributed by atoms with van der Waals surface area (Å²) < 4.78 is 15.6. The van der Waals surface area contributed by atoms with Crippen LogP contribution in [0.2, 0.25) is 0 Å². The van der Waals surface area contributed by atoms with Gasteiger partial charge in [0.1, 0.15) is 0 Å². The second-order valence-electron chi connectivity index (χ2n) is 3.78. The summed E-state index contributed by atoms with van der Waals surface area (Å²) in [6.07, 6.45) is 3.29. The first kappa shape index (κ1) is 12.5. The standard InChI is InChI=1S/C11H20O4/c1-3-4-5-10(11(12)13-2)15-9-6-7-14-8-9/h9-10H,3-8H2,1-2H3. The molecule has 4 nitrogen and oxygen atoms in total. The largest absolute Gasteiger partial charge is 0.467 e. The molecule has 0 aromatic carbocycles. The number of methoxy groups -OCH3 is 1. The molecule has 1 saturated heterocycles. The number of unbranched alkanes of at least 4 members (excludes halogenated alkanes) is 1. The fraction of sp³-hybridized carbons (Fsp3) is 0.909. The minimum atomic E-state index is -0.415. The maximum absolute atomic E-state index is 11.4. The van der Waals surface area contributed by atoms with Gasteiger partial charge in [0.05, 0.1) is 19.8 Å². The molecule has 0 bridgehead atoms. The van der Waals surface area contributed by atoms with Crippen LogP contribution in [0.1, 0.15) is 32.6 Å². The van der Waals surface area contributed by atoms with E-state index in [4.69, 9.17) is 14.2 Å². The topological polar surface area (TPSA) is 44.8 Å². The number of ether oxygens (including phenoxy) is 3. The Bertz CT molecular complexity index is 187. The van der Waals surface area contributed by atoms with Gasteiger partial charge >= 0.3 is 5.97 Å². The Balaban J connectivity index is 2.36. The van der Waals surface area contributed by atoms with E-state index in [2.05, 4.69) is 6.92 Å². The predicted molar refractivity (Wildman–Crippen MR) is 55.6 cm³/mol. The predicted octanol–water partition coefficient (Wildman–Crippen LogP) is 1.52. The van der Waals surface area contributed by atoms with Crippen molar-refractivity contribution in [3.63, 3.8) is 0 Å². The molecule has 0 radical (unpaired) electrons. The molecule has 0 aliphatic carbocycles. The van der Waals surface area contributed by atoms with Gasteiger partial charge in [0.2, 0.25) is 0 Å². The van der Waals surface area contributed by atoms with Crippen LogP contribution >= 0.6 is 0 Å². The Morgan fingerprint density at radius 2 is 2.40 bits per heavy atom. The lowest BCUT2D eigenvalue weighted by Gasteiger charge is -2.18. The lowest BCUT2D eigenvalue weighted by atomic mass is 10.1. The average Bonchev–Trinajstić information content (AvgIpc) is 2.75. The summed E-state index contributed by atoms with van der Waals surface area (Å²) in [5, 5.41) is 0. The molecule has 1 aliphatic rings. The molecule has 0 N–H and O–H groups in total. The summed E-state index contributed by atoms with van der Waals surface area (Å²) in [5.74, 6) is -0.268. The molecule has 0 aromatic rings. The van der Waals surface area contributed by atoms with Crippen LogP contribution in [0.4, 0.5) is 0 Å². The molecule has 1 aliphatic heterocycles. The zero-order valence-electron chi connectivity index (χ0n) is 9.53. The van der Waals surface area contributed by atoms with Gasteiger partial charge in [-0.25, -0.2) is 4.79 Å². The Kier molecular flexibility index (Phi) is 5.65. The van der Waals surface area contributed by atoms with E-state index in [0.29, 0.717) is 6.61 Å². The highest BCUT2D eigenvalue weighted by atomic mass is 16.6. The van der Waals surface area contributed by atoms with Crippen LogP contribution in [0.15, 0.2) is 0 Å². The minimum Gasteiger partial charge on any atom is -0.467 e. The number of carbonyl (C=O) groups is 1. The normalized spacial score (nSPS) is 22.7. The molecule has 1 heterocycles. The third kappa shape index (κ3) is 4.18. The van der Waals surface area contributed by atoms with Crippen molar-refractivity contribution in [2.75, 3.05) is 20.3 Å². The van der Waals surface area contributed by atoms with E-state index in [1.165, 1.54) is 7.11 Å². The second kappa shape index (κ2) is 6.80. The van der Waals surface area contributed by atoms with Gasteiger partial charge in [-0.1, -0.05) is 19.8 Å². The zero-order chi connectivity index (χ0) is 11.1. The number of rotatable bonds is 6. The molecular formula is C11H20O4. The van der Waals surface area contributed by atoms with E-state index < -0.39 is 6.10 Å². The number of carbonyl (C=O) groups excluding carboxylic acids is 1. The maximum Gasteiger partial charge on any atom is 0.334 e. The molecule has 4 heteroatoms. The van der Waals surface area contributed by atoms with E-state index in [1.807, 2.05) is 0 Å². The molecule has 1 rings (SSSR count). The second-order valence-corrected chi connectivity index (χ2v) is 3.78. The van der Waals surface area contributed by atoms with Crippen molar-refractivity contribution in [1.29, 1.82) is 0 Å². The Morgan fingerprint density at radius 1 is 1.60 bits per heavy atom. The van der Waals surface area contributed by atoms with Gasteiger partial charge in [0.25, 0.3) is 0 Å². The van der Waals surface area contributed by atoms with E-state index in [-0.39, 0.29) is 12.1 Å². The van der Waals surface area contributed by atoms with Gasteiger partial charge < -0.3 is 14.2 Å². The molecule has 15 heavy (non-hydrogen) atoms. The molecular weight excluding hydrogens is 196 g/mol. The van der Waals surface area contributed by atoms with Crippen LogP contribution in [0.3, 0.4) is 0 Å². The van der Waals surface area contributed by atoms with Crippen molar-refractivity contribution in [3.05, 3.63) is 0 Å². The molecule has 0 saturated carbocycles. The van der Waals surface area contributed by atoms with Crippen molar-refractivity contribution in [2.45, 2.75) is 44.8 Å². The number of hydrogen-bond acceptors (Lipinski definition) is 4. The molecule has 88 valence electrons. The Labute approximate surface area is 90.9 Å². The fourth-order valence-corrected chi connectivity index (χ4v) is 1.61. The summed E-state index contributed by atoms with van der Waals surface area (Å²) in [6.45, 7) is 3.42. The highest BCUT2D eigenvalue weighted by molar-refractivity contribution is 5.74. The first-order valence-electron chi connectivity index (χ1n) is 5.59. The minimum absolute atomic E-state index is 0.0611. The fourth-order valence-electron chi connectivity index (χ4n) is 1.61. The summed E-state index contributed by atoms with van der Waals surface area (Å²) in [5.41, 5.74) is 0. The van der Waals surface area contributed by atoms with Crippen molar-refractivity contribution in [1.82, 2.24) is 0 Å². The highest BCUT2D eigenvalue weighted by Gasteiger charge is 2.26. The van der Waals surface area contributed by atoms with Crippen molar-refractivity contribution < 1.29 is 19.0 Å². The average molecular weight is 216 g/mol. The van der Waals surface area contributed by atoms with E-state index in [9.17, 15) is 4.79 Å². The zero-order valence-corrected chi connectivity index (χ0v) is 9.53. The monoisotopic (exact) mass is 216 g/mol. The third-order valence-corrected chi connectivity index (χ3v) is 2.53. The third-order valence-electron chi connectivity index (χ3n) is 2.53. The van der Waals surface area contributed by atoms with Gasteiger partial charge in [-0.3, -0.25) is 0 Å². The molecule has 2 unspecified atom stereocenters. The maximum atomic E-state index is 11.4. The van der Waals surface area contributed by atoms with Gasteiger partial charge in [-0.2, -0.15) is 0 Å². The SMILES string of the molecule is CCCCC(OC1CCOC1)C(=O)OC. The van der Waals surface area contributed by atoms with E-state index in [1.54, 1.807) is 0 Å². The van der Waals surface area contributed by atoms with Crippen LogP contribution in [0, 0.1) is 0 Å². The first-order chi connectivity index (χ1) is 7.27. The molecule has 0 spiro atoms. The summed E-state index contributed by atoms with van der Waals surface area (Å²) in [4.78, 5) is 11.4. The van der Waals surface area contributed by atoms with Gasteiger partial charge in [0.15, 0.2) is 6.10 Å². The van der Waals surface area contributed by atoms with Crippen molar-refractivity contribution >= 4 is 5.97 Å². The van der Waals surface area contributed by atoms with Crippen LogP contribution < -0.4 is 0 Å². The molecule has 1 fully saturated rings. The van der Waals surface area contributed by atoms with Crippen molar-refractivity contribution in [3.8, 4) is 0 Å². The quantitative estimate of drug-likeness (QED) is 0.631. The molecule has 0 amide bonds. The van der Waals surface area contributed by atoms with E-state index in [0.717, 1.165) is 32.3 Å². The van der Waals surface area contributed by atoms with Crippen LogP contribution in [-0.4, -0.2) is 38.5 Å². The van der Waals surface area contributed by atoms with Gasteiger partial charge in [-0.15, -0.1) is 0 Å². The van der Waals surface area contributed by atoms with Crippen LogP contribution in [0.25, 0.3) is 0 Å². The summed E-state index contributed by atoms with van der Waals surface area (Å²) in [7, 11) is 1.40. The first-order valence-corrected chi connectivity index (χ1v) is 5.59. The lowest BCUT2D eigenvalue weighted by molar-refractivity contribution is -0.158. The van der Waals surface area contributed by atoms with Gasteiger partial charge in [0, 0.05) is 6.61 Å². The van der Waals surface area contributed by atoms with E-state index >= 15 is 0 Å². The number of esters is 1. The summed E-state index contributed by atoms with van der Waals surface area (Å²) in [6, 6.07) is 0. The Morgan fingerprint density at radius 3 is 2.93 bits per heavy atom. The number of hydrogen-bond donors (Lipinski definition) is 0. The van der Waals surface area contributed by atoms with Crippen molar-refractivity contribution in [2.24, 2.45) is 0 Å². The Hall–Kier alpha value is -0.610. The molecule has 0 aromatic heterocycles. The highest BCUT2D eigenvalue weighted by Crippen LogP contribution is 2.15. The van der Waals surface area contributed by atoms with Gasteiger partial charge in [-0.05, 0) is 12.8 Å². The van der Waals surface area contributed by atoms with Crippen LogP contribution in [0.5, 0.6) is 0 Å².